The van der Waals surface area contributed by atoms with Crippen molar-refractivity contribution in [1.82, 2.24) is 9.97 Å². The van der Waals surface area contributed by atoms with Crippen LogP contribution in [-0.4, -0.2) is 69.7 Å². The van der Waals surface area contributed by atoms with Crippen LogP contribution in [0.5, 0.6) is 5.75 Å². The van der Waals surface area contributed by atoms with Crippen molar-refractivity contribution in [3.05, 3.63) is 35.7 Å². The van der Waals surface area contributed by atoms with Crippen molar-refractivity contribution < 1.29 is 14.2 Å². The maximum atomic E-state index is 6.53. The van der Waals surface area contributed by atoms with E-state index in [0.29, 0.717) is 37.9 Å². The van der Waals surface area contributed by atoms with E-state index < -0.39 is 0 Å². The molecule has 0 bridgehead atoms. The zero-order valence-corrected chi connectivity index (χ0v) is 16.7. The predicted octanol–water partition coefficient (Wildman–Crippen LogP) is 1.91. The molecule has 2 fully saturated rings. The van der Waals surface area contributed by atoms with Gasteiger partial charge in [0.15, 0.2) is 17.5 Å². The Balaban J connectivity index is 1.66. The highest BCUT2D eigenvalue weighted by atomic mass is 16.5. The third-order valence-corrected chi connectivity index (χ3v) is 5.08. The smallest absolute Gasteiger partial charge is 0.158 e. The molecule has 8 heteroatoms. The molecule has 1 aromatic heterocycles. The van der Waals surface area contributed by atoms with Gasteiger partial charge in [-0.25, -0.2) is 9.97 Å². The number of methoxy groups -OCH3 is 1. The molecule has 0 radical (unpaired) electrons. The van der Waals surface area contributed by atoms with Gasteiger partial charge in [-0.05, 0) is 23.8 Å². The zero-order chi connectivity index (χ0) is 20.1. The van der Waals surface area contributed by atoms with Gasteiger partial charge in [0.05, 0.1) is 33.5 Å². The van der Waals surface area contributed by atoms with E-state index in [9.17, 15) is 0 Å². The number of hydrogen-bond donors (Lipinski definition) is 1. The third-order valence-electron chi connectivity index (χ3n) is 5.08. The SMILES string of the molecule is COc1ccc(C=Cc2nc(N3CCOCC3)c(N)c(N3CCOCC3)n2)cc1. The van der Waals surface area contributed by atoms with Gasteiger partial charge in [0.2, 0.25) is 0 Å². The Morgan fingerprint density at radius 2 is 1.38 bits per heavy atom. The average Bonchev–Trinajstić information content (AvgIpc) is 2.80. The van der Waals surface area contributed by atoms with Gasteiger partial charge in [-0.2, -0.15) is 0 Å². The fraction of sp³-hybridized carbons (Fsp3) is 0.429. The Morgan fingerprint density at radius 3 is 1.86 bits per heavy atom. The van der Waals surface area contributed by atoms with Gasteiger partial charge in [0.1, 0.15) is 11.4 Å². The number of aromatic nitrogens is 2. The lowest BCUT2D eigenvalue weighted by Gasteiger charge is -2.32. The molecular formula is C21H27N5O3. The van der Waals surface area contributed by atoms with Gasteiger partial charge in [-0.1, -0.05) is 18.2 Å². The lowest BCUT2D eigenvalue weighted by Crippen LogP contribution is -2.40. The summed E-state index contributed by atoms with van der Waals surface area (Å²) in [5.41, 5.74) is 8.19. The Kier molecular flexibility index (Phi) is 6.12. The Bertz CT molecular complexity index is 805. The van der Waals surface area contributed by atoms with E-state index in [-0.39, 0.29) is 0 Å². The third kappa shape index (κ3) is 4.60. The van der Waals surface area contributed by atoms with Crippen molar-refractivity contribution in [1.29, 1.82) is 0 Å². The first-order valence-corrected chi connectivity index (χ1v) is 9.89. The van der Waals surface area contributed by atoms with Crippen LogP contribution >= 0.6 is 0 Å². The Morgan fingerprint density at radius 1 is 0.862 bits per heavy atom. The topological polar surface area (TPSA) is 86.0 Å². The van der Waals surface area contributed by atoms with Gasteiger partial charge in [0.25, 0.3) is 0 Å². The van der Waals surface area contributed by atoms with Gasteiger partial charge >= 0.3 is 0 Å². The zero-order valence-electron chi connectivity index (χ0n) is 16.7. The number of nitrogens with zero attached hydrogens (tertiary/aromatic N) is 4. The Hall–Kier alpha value is -2.84. The molecule has 2 aromatic rings. The molecule has 29 heavy (non-hydrogen) atoms. The van der Waals surface area contributed by atoms with E-state index in [1.54, 1.807) is 7.11 Å². The second kappa shape index (κ2) is 9.11. The number of benzene rings is 1. The van der Waals surface area contributed by atoms with Crippen molar-refractivity contribution in [2.45, 2.75) is 0 Å². The lowest BCUT2D eigenvalue weighted by atomic mass is 10.2. The summed E-state index contributed by atoms with van der Waals surface area (Å²) < 4.78 is 16.2. The van der Waals surface area contributed by atoms with Crippen LogP contribution in [0.4, 0.5) is 17.3 Å². The number of ether oxygens (including phenoxy) is 3. The first kappa shape index (κ1) is 19.5. The average molecular weight is 397 g/mol. The second-order valence-electron chi connectivity index (χ2n) is 6.95. The molecule has 0 spiro atoms. The minimum atomic E-state index is 0.621. The fourth-order valence-electron chi connectivity index (χ4n) is 3.46. The fourth-order valence-corrected chi connectivity index (χ4v) is 3.46. The van der Waals surface area contributed by atoms with Crippen LogP contribution < -0.4 is 20.3 Å². The number of nitrogen functional groups attached to an aromatic ring is 1. The van der Waals surface area contributed by atoms with Crippen molar-refractivity contribution >= 4 is 29.5 Å². The minimum absolute atomic E-state index is 0.621. The molecule has 0 saturated carbocycles. The van der Waals surface area contributed by atoms with E-state index in [2.05, 4.69) is 9.80 Å². The number of anilines is 3. The maximum absolute atomic E-state index is 6.53. The van der Waals surface area contributed by atoms with Crippen molar-refractivity contribution in [3.63, 3.8) is 0 Å². The molecule has 2 aliphatic heterocycles. The van der Waals surface area contributed by atoms with Crippen LogP contribution in [0.25, 0.3) is 12.2 Å². The molecule has 8 nitrogen and oxygen atoms in total. The monoisotopic (exact) mass is 397 g/mol. The van der Waals surface area contributed by atoms with E-state index in [4.69, 9.17) is 29.9 Å². The van der Waals surface area contributed by atoms with Crippen molar-refractivity contribution in [2.75, 3.05) is 75.2 Å². The molecule has 0 aliphatic carbocycles. The van der Waals surface area contributed by atoms with E-state index >= 15 is 0 Å². The summed E-state index contributed by atoms with van der Waals surface area (Å²) in [7, 11) is 1.66. The largest absolute Gasteiger partial charge is 0.497 e. The highest BCUT2D eigenvalue weighted by molar-refractivity contribution is 5.79. The second-order valence-corrected chi connectivity index (χ2v) is 6.95. The van der Waals surface area contributed by atoms with Gasteiger partial charge in [-0.15, -0.1) is 0 Å². The molecule has 2 aliphatic rings. The predicted molar refractivity (Wildman–Crippen MR) is 114 cm³/mol. The molecule has 2 saturated heterocycles. The van der Waals surface area contributed by atoms with Gasteiger partial charge in [0, 0.05) is 26.2 Å². The number of nitrogens with two attached hydrogens (primary N) is 1. The summed E-state index contributed by atoms with van der Waals surface area (Å²) >= 11 is 0. The normalized spacial score (nSPS) is 17.7. The molecular weight excluding hydrogens is 370 g/mol. The van der Waals surface area contributed by atoms with E-state index in [1.807, 2.05) is 36.4 Å². The molecule has 0 amide bonds. The van der Waals surface area contributed by atoms with Crippen LogP contribution in [0.3, 0.4) is 0 Å². The van der Waals surface area contributed by atoms with Crippen molar-refractivity contribution in [3.8, 4) is 5.75 Å². The Labute approximate surface area is 170 Å². The molecule has 0 unspecified atom stereocenters. The summed E-state index contributed by atoms with van der Waals surface area (Å²) in [6.07, 6.45) is 3.92. The summed E-state index contributed by atoms with van der Waals surface area (Å²) in [6, 6.07) is 7.86. The van der Waals surface area contributed by atoms with Crippen LogP contribution in [0.1, 0.15) is 11.4 Å². The standard InChI is InChI=1S/C21H27N5O3/c1-27-17-5-2-16(3-6-17)4-7-18-23-20(25-8-12-28-13-9-25)19(22)21(24-18)26-10-14-29-15-11-26/h2-7H,8-15,22H2,1H3. The van der Waals surface area contributed by atoms with Crippen LogP contribution in [0.2, 0.25) is 0 Å². The van der Waals surface area contributed by atoms with Gasteiger partial charge < -0.3 is 29.7 Å². The van der Waals surface area contributed by atoms with Crippen molar-refractivity contribution in [2.24, 2.45) is 0 Å². The first-order valence-electron chi connectivity index (χ1n) is 9.89. The highest BCUT2D eigenvalue weighted by Crippen LogP contribution is 2.31. The number of rotatable bonds is 5. The van der Waals surface area contributed by atoms with Crippen LogP contribution in [0, 0.1) is 0 Å². The summed E-state index contributed by atoms with van der Waals surface area (Å²) in [5.74, 6) is 3.02. The summed E-state index contributed by atoms with van der Waals surface area (Å²) in [4.78, 5) is 13.9. The molecule has 0 atom stereocenters. The van der Waals surface area contributed by atoms with Crippen LogP contribution in [0.15, 0.2) is 24.3 Å². The summed E-state index contributed by atoms with van der Waals surface area (Å²) in [6.45, 7) is 5.77. The van der Waals surface area contributed by atoms with Gasteiger partial charge in [-0.3, -0.25) is 0 Å². The van der Waals surface area contributed by atoms with E-state index in [0.717, 1.165) is 49.1 Å². The molecule has 4 rings (SSSR count). The number of hydrogen-bond acceptors (Lipinski definition) is 8. The minimum Gasteiger partial charge on any atom is -0.497 e. The number of morpholine rings is 2. The van der Waals surface area contributed by atoms with Crippen LogP contribution in [-0.2, 0) is 9.47 Å². The van der Waals surface area contributed by atoms with E-state index in [1.165, 1.54) is 0 Å². The highest BCUT2D eigenvalue weighted by Gasteiger charge is 2.23. The molecule has 154 valence electrons. The molecule has 3 heterocycles. The lowest BCUT2D eigenvalue weighted by molar-refractivity contribution is 0.122. The maximum Gasteiger partial charge on any atom is 0.158 e. The quantitative estimate of drug-likeness (QED) is 0.819. The summed E-state index contributed by atoms with van der Waals surface area (Å²) in [5, 5.41) is 0. The molecule has 1 aromatic carbocycles. The molecule has 2 N–H and O–H groups in total. The first-order chi connectivity index (χ1) is 14.2.